The molecule has 0 bridgehead atoms. The quantitative estimate of drug-likeness (QED) is 0.716. The Morgan fingerprint density at radius 2 is 1.58 bits per heavy atom. The van der Waals surface area contributed by atoms with Gasteiger partial charge < -0.3 is 14.2 Å². The number of likely N-dealkylation sites (tertiary alicyclic amines) is 1. The van der Waals surface area contributed by atoms with Crippen molar-refractivity contribution in [3.8, 4) is 11.5 Å². The van der Waals surface area contributed by atoms with Gasteiger partial charge in [-0.05, 0) is 50.7 Å². The molecule has 2 heterocycles. The molecule has 4 rings (SSSR count). The number of fused-ring (bicyclic) bond motifs is 1. The van der Waals surface area contributed by atoms with Gasteiger partial charge in [0.15, 0.2) is 11.5 Å². The number of methoxy groups -OCH3 is 1. The Morgan fingerprint density at radius 3 is 2.19 bits per heavy atom. The summed E-state index contributed by atoms with van der Waals surface area (Å²) in [7, 11) is 1.80. The third-order valence-corrected chi connectivity index (χ3v) is 7.53. The molecule has 26 heavy (non-hydrogen) atoms. The molecule has 144 valence electrons. The molecule has 1 aliphatic carbocycles. The van der Waals surface area contributed by atoms with Crippen LogP contribution >= 0.6 is 23.2 Å². The molecule has 1 unspecified atom stereocenters. The maximum Gasteiger partial charge on any atom is 0.251 e. The molecule has 2 aliphatic heterocycles. The molecule has 0 spiro atoms. The number of hydrogen-bond donors (Lipinski definition) is 0. The van der Waals surface area contributed by atoms with E-state index in [4.69, 9.17) is 37.4 Å². The van der Waals surface area contributed by atoms with Gasteiger partial charge in [0.05, 0.1) is 11.1 Å². The Kier molecular flexibility index (Phi) is 4.84. The van der Waals surface area contributed by atoms with E-state index in [9.17, 15) is 0 Å². The van der Waals surface area contributed by atoms with Gasteiger partial charge >= 0.3 is 0 Å². The number of benzene rings is 1. The van der Waals surface area contributed by atoms with Crippen molar-refractivity contribution < 1.29 is 14.2 Å². The molecule has 0 N–H and O–H groups in total. The Balaban J connectivity index is 1.45. The van der Waals surface area contributed by atoms with Crippen LogP contribution in [0.3, 0.4) is 0 Å². The van der Waals surface area contributed by atoms with Crippen molar-refractivity contribution >= 4 is 23.2 Å². The van der Waals surface area contributed by atoms with Crippen LogP contribution < -0.4 is 9.47 Å². The fourth-order valence-electron chi connectivity index (χ4n) is 4.56. The molecule has 1 aromatic rings. The summed E-state index contributed by atoms with van der Waals surface area (Å²) in [5.41, 5.74) is 1.97. The Hall–Kier alpha value is -0.680. The van der Waals surface area contributed by atoms with Crippen LogP contribution in [0, 0.1) is 19.8 Å². The van der Waals surface area contributed by atoms with Crippen LogP contribution in [0.1, 0.15) is 43.7 Å². The smallest absolute Gasteiger partial charge is 0.251 e. The van der Waals surface area contributed by atoms with Crippen LogP contribution in [0.4, 0.5) is 0 Å². The Labute approximate surface area is 165 Å². The minimum atomic E-state index is -0.664. The van der Waals surface area contributed by atoms with E-state index in [1.807, 2.05) is 20.8 Å². The maximum atomic E-state index is 6.45. The van der Waals surface area contributed by atoms with Crippen molar-refractivity contribution in [2.24, 2.45) is 5.92 Å². The predicted molar refractivity (Wildman–Crippen MR) is 104 cm³/mol. The lowest BCUT2D eigenvalue weighted by atomic mass is 9.80. The molecule has 0 aromatic heterocycles. The average molecular weight is 400 g/mol. The van der Waals surface area contributed by atoms with E-state index in [0.717, 1.165) is 42.8 Å². The first-order chi connectivity index (χ1) is 12.3. The summed E-state index contributed by atoms with van der Waals surface area (Å²) in [6, 6.07) is 0.659. The zero-order valence-corrected chi connectivity index (χ0v) is 17.4. The highest BCUT2D eigenvalue weighted by Gasteiger charge is 2.48. The van der Waals surface area contributed by atoms with Crippen molar-refractivity contribution in [3.63, 3.8) is 0 Å². The molecule has 4 nitrogen and oxygen atoms in total. The van der Waals surface area contributed by atoms with Crippen molar-refractivity contribution in [2.45, 2.75) is 64.4 Å². The molecule has 1 saturated carbocycles. The van der Waals surface area contributed by atoms with Gasteiger partial charge in [-0.15, -0.1) is 0 Å². The third-order valence-electron chi connectivity index (χ3n) is 6.60. The van der Waals surface area contributed by atoms with Crippen molar-refractivity contribution in [1.29, 1.82) is 0 Å². The third kappa shape index (κ3) is 2.90. The van der Waals surface area contributed by atoms with Gasteiger partial charge in [-0.1, -0.05) is 23.2 Å². The summed E-state index contributed by atoms with van der Waals surface area (Å²) in [6.45, 7) is 8.15. The number of hydrogen-bond acceptors (Lipinski definition) is 4. The van der Waals surface area contributed by atoms with Crippen LogP contribution in [-0.4, -0.2) is 43.0 Å². The summed E-state index contributed by atoms with van der Waals surface area (Å²) in [5, 5.41) is 1.03. The van der Waals surface area contributed by atoms with E-state index < -0.39 is 5.79 Å². The van der Waals surface area contributed by atoms with Crippen molar-refractivity contribution in [3.05, 3.63) is 21.2 Å². The monoisotopic (exact) mass is 399 g/mol. The lowest BCUT2D eigenvalue weighted by Gasteiger charge is -2.47. The van der Waals surface area contributed by atoms with Crippen LogP contribution in [0.5, 0.6) is 11.5 Å². The normalized spacial score (nSPS) is 31.9. The molecule has 1 atom stereocenters. The molecule has 1 aromatic carbocycles. The van der Waals surface area contributed by atoms with Crippen LogP contribution in [0.15, 0.2) is 0 Å². The lowest BCUT2D eigenvalue weighted by molar-refractivity contribution is -0.130. The molecule has 6 heteroatoms. The van der Waals surface area contributed by atoms with E-state index in [1.54, 1.807) is 7.11 Å². The first kappa shape index (κ1) is 18.7. The highest BCUT2D eigenvalue weighted by Crippen LogP contribution is 2.54. The minimum Gasteiger partial charge on any atom is -0.448 e. The first-order valence-electron chi connectivity index (χ1n) is 9.47. The fourth-order valence-corrected chi connectivity index (χ4v) is 5.05. The summed E-state index contributed by atoms with van der Waals surface area (Å²) in [4.78, 5) is 2.54. The average Bonchev–Trinajstić information content (AvgIpc) is 2.97. The highest BCUT2D eigenvalue weighted by molar-refractivity contribution is 6.43. The zero-order valence-electron chi connectivity index (χ0n) is 15.9. The second-order valence-corrected chi connectivity index (χ2v) is 8.83. The van der Waals surface area contributed by atoms with E-state index >= 15 is 0 Å². The van der Waals surface area contributed by atoms with Gasteiger partial charge in [-0.3, -0.25) is 4.90 Å². The molecular weight excluding hydrogens is 373 g/mol. The molecule has 0 radical (unpaired) electrons. The summed E-state index contributed by atoms with van der Waals surface area (Å²) in [6.07, 6.45) is 4.94. The minimum absolute atomic E-state index is 0.347. The highest BCUT2D eigenvalue weighted by atomic mass is 35.5. The van der Waals surface area contributed by atoms with E-state index in [2.05, 4.69) is 4.90 Å². The van der Waals surface area contributed by atoms with Gasteiger partial charge in [-0.25, -0.2) is 0 Å². The van der Waals surface area contributed by atoms with E-state index in [-0.39, 0.29) is 0 Å². The number of ether oxygens (including phenoxy) is 3. The summed E-state index contributed by atoms with van der Waals surface area (Å²) >= 11 is 12.8. The standard InChI is InChI=1S/C20H27Cl2NO3/c1-11-12(2)18-19(17(22)16(11)21)26-20(3,25-18)13-5-7-14(8-6-13)23-9-15(10-23)24-4/h13-15H,5-10H2,1-4H3. The van der Waals surface area contributed by atoms with E-state index in [1.165, 1.54) is 12.8 Å². The molecule has 2 fully saturated rings. The topological polar surface area (TPSA) is 30.9 Å². The van der Waals surface area contributed by atoms with Gasteiger partial charge in [0.2, 0.25) is 0 Å². The van der Waals surface area contributed by atoms with Crippen molar-refractivity contribution in [1.82, 2.24) is 4.90 Å². The molecule has 1 saturated heterocycles. The van der Waals surface area contributed by atoms with Crippen molar-refractivity contribution in [2.75, 3.05) is 20.2 Å². The Bertz CT molecular complexity index is 673. The summed E-state index contributed by atoms with van der Waals surface area (Å²) < 4.78 is 18.0. The second kappa shape index (κ2) is 6.73. The zero-order chi connectivity index (χ0) is 18.6. The SMILES string of the molecule is COC1CN(C2CCC(C3(C)Oc4c(C)c(C)c(Cl)c(Cl)c4O3)CC2)C1. The summed E-state index contributed by atoms with van der Waals surface area (Å²) in [5.74, 6) is 1.05. The second-order valence-electron chi connectivity index (χ2n) is 8.07. The van der Waals surface area contributed by atoms with Crippen LogP contribution in [0.2, 0.25) is 10.0 Å². The maximum absolute atomic E-state index is 6.45. The van der Waals surface area contributed by atoms with Gasteiger partial charge in [0, 0.05) is 39.1 Å². The molecule has 3 aliphatic rings. The first-order valence-corrected chi connectivity index (χ1v) is 10.2. The Morgan fingerprint density at radius 1 is 0.962 bits per heavy atom. The number of halogens is 2. The van der Waals surface area contributed by atoms with Gasteiger partial charge in [-0.2, -0.15) is 0 Å². The number of rotatable bonds is 3. The predicted octanol–water partition coefficient (Wildman–Crippen LogP) is 4.99. The lowest BCUT2D eigenvalue weighted by Crippen LogP contribution is -2.57. The van der Waals surface area contributed by atoms with Crippen LogP contribution in [0.25, 0.3) is 0 Å². The largest absolute Gasteiger partial charge is 0.448 e. The fraction of sp³-hybridized carbons (Fsp3) is 0.700. The van der Waals surface area contributed by atoms with Crippen LogP contribution in [-0.2, 0) is 4.74 Å². The van der Waals surface area contributed by atoms with Gasteiger partial charge in [0.25, 0.3) is 5.79 Å². The van der Waals surface area contributed by atoms with E-state index in [0.29, 0.717) is 33.9 Å². The van der Waals surface area contributed by atoms with Gasteiger partial charge in [0.1, 0.15) is 5.02 Å². The number of nitrogens with zero attached hydrogens (tertiary/aromatic N) is 1. The molecular formula is C20H27Cl2NO3. The molecule has 0 amide bonds.